The van der Waals surface area contributed by atoms with E-state index in [4.69, 9.17) is 38.1 Å². The maximum absolute atomic E-state index is 12.3. The molecule has 17 heteroatoms. The van der Waals surface area contributed by atoms with Crippen LogP contribution in [0.5, 0.6) is 0 Å². The average molecular weight is 742 g/mol. The number of amides is 2. The third-order valence-corrected chi connectivity index (χ3v) is 8.16. The van der Waals surface area contributed by atoms with Crippen molar-refractivity contribution < 1.29 is 56.1 Å². The molecule has 3 aliphatic rings. The van der Waals surface area contributed by atoms with E-state index in [0.717, 1.165) is 18.7 Å². The Morgan fingerprint density at radius 1 is 0.816 bits per heavy atom. The molecule has 49 heavy (non-hydrogen) atoms. The Morgan fingerprint density at radius 2 is 1.31 bits per heavy atom. The fourth-order valence-corrected chi connectivity index (χ4v) is 5.34. The van der Waals surface area contributed by atoms with Crippen molar-refractivity contribution >= 4 is 34.7 Å². The third-order valence-electron chi connectivity index (χ3n) is 6.87. The van der Waals surface area contributed by atoms with Crippen molar-refractivity contribution in [3.63, 3.8) is 0 Å². The fraction of sp³-hybridized carbons (Fsp3) is 0.750. The molecule has 4 rings (SSSR count). The number of nitrogens with one attached hydrogen (secondary N) is 1. The number of morpholine rings is 3. The second kappa shape index (κ2) is 21.2. The van der Waals surface area contributed by atoms with Crippen LogP contribution < -0.4 is 5.32 Å². The highest BCUT2D eigenvalue weighted by Gasteiger charge is 2.33. The van der Waals surface area contributed by atoms with E-state index < -0.39 is 33.5 Å². The lowest BCUT2D eigenvalue weighted by atomic mass is 10.2. The van der Waals surface area contributed by atoms with E-state index >= 15 is 0 Å². The minimum Gasteiger partial charge on any atom is -0.444 e. The molecule has 0 saturated carbocycles. The Bertz CT molecular complexity index is 1220. The van der Waals surface area contributed by atoms with Crippen molar-refractivity contribution in [3.8, 4) is 0 Å². The molecular formula is C32H56ClN3O12S. The van der Waals surface area contributed by atoms with Crippen LogP contribution in [0.4, 0.5) is 9.59 Å². The molecule has 2 amide bonds. The predicted octanol–water partition coefficient (Wildman–Crippen LogP) is 2.34. The van der Waals surface area contributed by atoms with Crippen LogP contribution in [0.2, 0.25) is 0 Å². The summed E-state index contributed by atoms with van der Waals surface area (Å²) < 4.78 is 55.9. The van der Waals surface area contributed by atoms with E-state index in [1.807, 2.05) is 27.7 Å². The van der Waals surface area contributed by atoms with Crippen LogP contribution in [-0.4, -0.2) is 149 Å². The number of nitrogens with zero attached hydrogens (tertiary/aromatic N) is 2. The minimum absolute atomic E-state index is 0. The second-order valence-electron chi connectivity index (χ2n) is 13.4. The van der Waals surface area contributed by atoms with Crippen molar-refractivity contribution in [2.24, 2.45) is 0 Å². The van der Waals surface area contributed by atoms with Gasteiger partial charge < -0.3 is 39.2 Å². The summed E-state index contributed by atoms with van der Waals surface area (Å²) in [5.41, 5.74) is -0.180. The number of hydrogen-bond donors (Lipinski definition) is 3. The Hall–Kier alpha value is -2.28. The van der Waals surface area contributed by atoms with Gasteiger partial charge in [0.25, 0.3) is 10.1 Å². The van der Waals surface area contributed by atoms with Crippen molar-refractivity contribution in [2.75, 3.05) is 79.1 Å². The van der Waals surface area contributed by atoms with Gasteiger partial charge in [-0.3, -0.25) is 14.0 Å². The maximum Gasteiger partial charge on any atom is 0.410 e. The molecule has 3 N–H and O–H groups in total. The number of aliphatic hydroxyl groups excluding tert-OH is 2. The van der Waals surface area contributed by atoms with E-state index in [2.05, 4.69) is 5.32 Å². The van der Waals surface area contributed by atoms with Crippen LogP contribution in [0.1, 0.15) is 47.1 Å². The molecule has 1 aromatic carbocycles. The monoisotopic (exact) mass is 741 g/mol. The van der Waals surface area contributed by atoms with Gasteiger partial charge in [0, 0.05) is 19.6 Å². The zero-order chi connectivity index (χ0) is 36.0. The molecule has 3 saturated heterocycles. The van der Waals surface area contributed by atoms with Gasteiger partial charge in [0.15, 0.2) is 0 Å². The van der Waals surface area contributed by atoms with Crippen molar-refractivity contribution in [3.05, 3.63) is 29.8 Å². The molecule has 0 unspecified atom stereocenters. The fourth-order valence-electron chi connectivity index (χ4n) is 4.40. The Morgan fingerprint density at radius 3 is 1.73 bits per heavy atom. The summed E-state index contributed by atoms with van der Waals surface area (Å²) in [5, 5.41) is 20.7. The molecule has 0 bridgehead atoms. The Labute approximate surface area is 297 Å². The summed E-state index contributed by atoms with van der Waals surface area (Å²) in [6.45, 7) is 17.1. The summed E-state index contributed by atoms with van der Waals surface area (Å²) in [6, 6.07) is 5.75. The molecule has 0 radical (unpaired) electrons. The van der Waals surface area contributed by atoms with E-state index in [-0.39, 0.29) is 61.9 Å². The molecule has 3 aliphatic heterocycles. The first-order chi connectivity index (χ1) is 22.5. The molecule has 0 aromatic heterocycles. The molecular weight excluding hydrogens is 686 g/mol. The van der Waals surface area contributed by atoms with E-state index in [1.165, 1.54) is 21.9 Å². The summed E-state index contributed by atoms with van der Waals surface area (Å²) >= 11 is 0. The van der Waals surface area contributed by atoms with Gasteiger partial charge in [0.05, 0.1) is 82.5 Å². The summed E-state index contributed by atoms with van der Waals surface area (Å²) in [4.78, 5) is 27.1. The summed E-state index contributed by atoms with van der Waals surface area (Å²) in [7, 11) is -3.90. The largest absolute Gasteiger partial charge is 0.444 e. The van der Waals surface area contributed by atoms with Gasteiger partial charge in [-0.25, -0.2) is 9.59 Å². The van der Waals surface area contributed by atoms with Crippen molar-refractivity contribution in [1.29, 1.82) is 0 Å². The second-order valence-corrected chi connectivity index (χ2v) is 15.1. The lowest BCUT2D eigenvalue weighted by Gasteiger charge is -2.36. The molecule has 0 aliphatic carbocycles. The van der Waals surface area contributed by atoms with Gasteiger partial charge in [-0.2, -0.15) is 8.42 Å². The van der Waals surface area contributed by atoms with E-state index in [0.29, 0.717) is 39.5 Å². The highest BCUT2D eigenvalue weighted by Crippen LogP contribution is 2.18. The lowest BCUT2D eigenvalue weighted by Crippen LogP contribution is -2.52. The highest BCUT2D eigenvalue weighted by atomic mass is 35.5. The summed E-state index contributed by atoms with van der Waals surface area (Å²) in [5.74, 6) is 0. The standard InChI is InChI=1S/C17H25NO6S.C10H19NO4.C5H11NO2.ClH/c1-13-5-7-15(8-6-13)25(20,21)23-12-14-11-22-10-9-18(14)16(19)24-17(2,3)4;1-10(2,3)15-9(13)11-4-5-14-7-8(11)6-12;7-3-5-4-8-2-1-6-5;/h5-8,14H,9-12H2,1-4H3;8,12H,4-7H2,1-3H3;5-7H,1-4H2;1H/t14-;8-;5-;/m011./s1. The van der Waals surface area contributed by atoms with Crippen LogP contribution in [-0.2, 0) is 38.0 Å². The highest BCUT2D eigenvalue weighted by molar-refractivity contribution is 7.86. The number of benzene rings is 1. The molecule has 284 valence electrons. The molecule has 1 aromatic rings. The van der Waals surface area contributed by atoms with Crippen molar-refractivity contribution in [1.82, 2.24) is 15.1 Å². The van der Waals surface area contributed by atoms with E-state index in [1.54, 1.807) is 32.9 Å². The normalized spacial score (nSPS) is 21.5. The number of aliphatic hydroxyl groups is 2. The van der Waals surface area contributed by atoms with Gasteiger partial charge in [0.2, 0.25) is 0 Å². The third kappa shape index (κ3) is 17.0. The number of rotatable bonds is 6. The van der Waals surface area contributed by atoms with Gasteiger partial charge >= 0.3 is 12.2 Å². The topological polar surface area (TPSA) is 183 Å². The first kappa shape index (κ1) is 44.7. The van der Waals surface area contributed by atoms with Gasteiger partial charge in [-0.15, -0.1) is 12.4 Å². The first-order valence-electron chi connectivity index (χ1n) is 16.1. The average Bonchev–Trinajstić information content (AvgIpc) is 3.03. The van der Waals surface area contributed by atoms with Gasteiger partial charge in [0.1, 0.15) is 11.2 Å². The molecule has 3 heterocycles. The SMILES string of the molecule is CC(C)(C)OC(=O)N1CCOC[C@H]1CO.Cc1ccc(S(=O)(=O)OC[C@@H]2COCCN2C(=O)OC(C)(C)C)cc1.Cl.OC[C@@H]1COCCN1. The number of carbonyl (C=O) groups excluding carboxylic acids is 2. The Balaban J connectivity index is 0.000000421. The zero-order valence-electron chi connectivity index (χ0n) is 29.7. The lowest BCUT2D eigenvalue weighted by molar-refractivity contribution is -0.0444. The van der Waals surface area contributed by atoms with Crippen molar-refractivity contribution in [2.45, 2.75) is 82.7 Å². The zero-order valence-corrected chi connectivity index (χ0v) is 31.3. The van der Waals surface area contributed by atoms with Crippen LogP contribution in [0, 0.1) is 6.92 Å². The van der Waals surface area contributed by atoms with E-state index in [9.17, 15) is 18.0 Å². The van der Waals surface area contributed by atoms with Crippen LogP contribution >= 0.6 is 12.4 Å². The molecule has 3 atom stereocenters. The molecule has 3 fully saturated rings. The number of carbonyl (C=O) groups is 2. The smallest absolute Gasteiger partial charge is 0.410 e. The number of ether oxygens (including phenoxy) is 5. The number of halogens is 1. The van der Waals surface area contributed by atoms with Crippen LogP contribution in [0.15, 0.2) is 29.2 Å². The number of aryl methyl sites for hydroxylation is 1. The van der Waals surface area contributed by atoms with Crippen LogP contribution in [0.3, 0.4) is 0 Å². The maximum atomic E-state index is 12.3. The Kier molecular flexibility index (Phi) is 19.3. The molecule has 15 nitrogen and oxygen atoms in total. The predicted molar refractivity (Wildman–Crippen MR) is 183 cm³/mol. The minimum atomic E-state index is -3.90. The molecule has 0 spiro atoms. The number of hydrogen-bond acceptors (Lipinski definition) is 13. The summed E-state index contributed by atoms with van der Waals surface area (Å²) in [6.07, 6.45) is -0.887. The quantitative estimate of drug-likeness (QED) is 0.362. The first-order valence-corrected chi connectivity index (χ1v) is 17.5. The van der Waals surface area contributed by atoms with Crippen LogP contribution in [0.25, 0.3) is 0 Å². The van der Waals surface area contributed by atoms with Gasteiger partial charge in [-0.1, -0.05) is 17.7 Å². The van der Waals surface area contributed by atoms with Gasteiger partial charge in [-0.05, 0) is 60.6 Å².